The highest BCUT2D eigenvalue weighted by Crippen LogP contribution is 2.27. The Balaban J connectivity index is 2.27. The second-order valence-electron chi connectivity index (χ2n) is 3.90. The lowest BCUT2D eigenvalue weighted by Gasteiger charge is -2.09. The number of benzene rings is 2. The molecule has 0 spiro atoms. The zero-order chi connectivity index (χ0) is 14.8. The van der Waals surface area contributed by atoms with Gasteiger partial charge in [-0.3, -0.25) is 10.6 Å². The van der Waals surface area contributed by atoms with Gasteiger partial charge in [-0.1, -0.05) is 11.6 Å². The summed E-state index contributed by atoms with van der Waals surface area (Å²) in [6, 6.07) is 10.9. The number of hydrazine groups is 1. The molecule has 2 aromatic rings. The zero-order valence-electron chi connectivity index (χ0n) is 10.1. The Morgan fingerprint density at radius 2 is 1.65 bits per heavy atom. The van der Waals surface area contributed by atoms with E-state index in [1.807, 2.05) is 0 Å². The molecule has 2 rings (SSSR count). The highest BCUT2D eigenvalue weighted by molar-refractivity contribution is 9.10. The normalized spacial score (nSPS) is 11.2. The van der Waals surface area contributed by atoms with E-state index in [0.29, 0.717) is 20.9 Å². The van der Waals surface area contributed by atoms with Gasteiger partial charge in [-0.15, -0.1) is 0 Å². The van der Waals surface area contributed by atoms with Crippen LogP contribution in [0.5, 0.6) is 0 Å². The lowest BCUT2D eigenvalue weighted by Crippen LogP contribution is -2.13. The van der Waals surface area contributed by atoms with Gasteiger partial charge in [0.1, 0.15) is 0 Å². The van der Waals surface area contributed by atoms with E-state index in [9.17, 15) is 8.42 Å². The van der Waals surface area contributed by atoms with Crippen molar-refractivity contribution in [1.29, 1.82) is 0 Å². The summed E-state index contributed by atoms with van der Waals surface area (Å²) < 4.78 is 27.5. The number of nitrogen functional groups attached to an aromatic ring is 1. The summed E-state index contributed by atoms with van der Waals surface area (Å²) in [6.07, 6.45) is 0. The summed E-state index contributed by atoms with van der Waals surface area (Å²) in [5.41, 5.74) is 3.48. The first-order chi connectivity index (χ1) is 9.42. The number of nitrogens with one attached hydrogen (secondary N) is 2. The second-order valence-corrected chi connectivity index (χ2v) is 6.85. The Bertz CT molecular complexity index is 720. The average molecular weight is 377 g/mol. The van der Waals surface area contributed by atoms with E-state index in [2.05, 4.69) is 26.1 Å². The Hall–Kier alpha value is -1.28. The maximum Gasteiger partial charge on any atom is 0.261 e. The van der Waals surface area contributed by atoms with Crippen LogP contribution in [0.3, 0.4) is 0 Å². The van der Waals surface area contributed by atoms with Gasteiger partial charge in [-0.25, -0.2) is 8.42 Å². The van der Waals surface area contributed by atoms with Gasteiger partial charge in [0, 0.05) is 10.2 Å². The van der Waals surface area contributed by atoms with Crippen molar-refractivity contribution in [2.75, 3.05) is 10.1 Å². The molecule has 0 heterocycles. The zero-order valence-corrected chi connectivity index (χ0v) is 13.3. The van der Waals surface area contributed by atoms with E-state index in [1.54, 1.807) is 30.3 Å². The fourth-order valence-electron chi connectivity index (χ4n) is 1.50. The van der Waals surface area contributed by atoms with Gasteiger partial charge < -0.3 is 5.43 Å². The van der Waals surface area contributed by atoms with Crippen molar-refractivity contribution in [3.05, 3.63) is 52.0 Å². The monoisotopic (exact) mass is 375 g/mol. The molecule has 8 heteroatoms. The molecule has 0 aliphatic heterocycles. The van der Waals surface area contributed by atoms with Crippen molar-refractivity contribution in [3.8, 4) is 0 Å². The summed E-state index contributed by atoms with van der Waals surface area (Å²) in [4.78, 5) is 0.141. The number of hydrogen-bond acceptors (Lipinski definition) is 4. The number of nitrogens with two attached hydrogens (primary N) is 1. The fraction of sp³-hybridized carbons (Fsp3) is 0. The lowest BCUT2D eigenvalue weighted by atomic mass is 10.3. The van der Waals surface area contributed by atoms with Gasteiger partial charge in [0.05, 0.1) is 15.6 Å². The van der Waals surface area contributed by atoms with Gasteiger partial charge in [0.2, 0.25) is 0 Å². The first kappa shape index (κ1) is 15.1. The number of hydrogen-bond donors (Lipinski definition) is 3. The van der Waals surface area contributed by atoms with E-state index >= 15 is 0 Å². The van der Waals surface area contributed by atoms with Crippen LogP contribution in [0.4, 0.5) is 11.4 Å². The molecule has 4 N–H and O–H groups in total. The molecule has 0 amide bonds. The van der Waals surface area contributed by atoms with Gasteiger partial charge >= 0.3 is 0 Å². The molecular weight excluding hydrogens is 366 g/mol. The average Bonchev–Trinajstić information content (AvgIpc) is 2.43. The van der Waals surface area contributed by atoms with Crippen LogP contribution in [-0.4, -0.2) is 8.42 Å². The molecule has 0 saturated carbocycles. The smallest absolute Gasteiger partial charge is 0.261 e. The molecule has 2 aromatic carbocycles. The Morgan fingerprint density at radius 1 is 1.05 bits per heavy atom. The van der Waals surface area contributed by atoms with Gasteiger partial charge in [0.15, 0.2) is 0 Å². The van der Waals surface area contributed by atoms with Crippen molar-refractivity contribution < 1.29 is 8.42 Å². The number of sulfonamides is 1. The Kier molecular flexibility index (Phi) is 4.54. The highest BCUT2D eigenvalue weighted by Gasteiger charge is 2.14. The van der Waals surface area contributed by atoms with Crippen LogP contribution in [0, 0.1) is 0 Å². The lowest BCUT2D eigenvalue weighted by molar-refractivity contribution is 0.601. The van der Waals surface area contributed by atoms with Crippen molar-refractivity contribution in [1.82, 2.24) is 0 Å². The molecule has 0 aliphatic rings. The van der Waals surface area contributed by atoms with E-state index in [1.165, 1.54) is 12.1 Å². The highest BCUT2D eigenvalue weighted by atomic mass is 79.9. The first-order valence-electron chi connectivity index (χ1n) is 5.47. The minimum Gasteiger partial charge on any atom is -0.324 e. The third-order valence-corrected chi connectivity index (χ3v) is 5.11. The fourth-order valence-corrected chi connectivity index (χ4v) is 3.05. The SMILES string of the molecule is NNc1ccc(S(=O)(=O)Nc2ccc(Cl)c(Br)c2)cc1. The predicted octanol–water partition coefficient (Wildman–Crippen LogP) is 3.19. The Labute approximate surface area is 130 Å². The molecule has 0 unspecified atom stereocenters. The summed E-state index contributed by atoms with van der Waals surface area (Å²) in [5.74, 6) is 5.23. The standard InChI is InChI=1S/C12H11BrClN3O2S/c13-11-7-9(3-6-12(11)14)17-20(18,19)10-4-1-8(16-15)2-5-10/h1-7,16-17H,15H2. The van der Waals surface area contributed by atoms with Crippen molar-refractivity contribution >= 4 is 48.9 Å². The summed E-state index contributed by atoms with van der Waals surface area (Å²) in [6.45, 7) is 0. The van der Waals surface area contributed by atoms with Gasteiger partial charge in [0.25, 0.3) is 10.0 Å². The summed E-state index contributed by atoms with van der Waals surface area (Å²) in [5, 5.41) is 0.506. The third kappa shape index (κ3) is 3.43. The molecule has 0 radical (unpaired) electrons. The van der Waals surface area contributed by atoms with Gasteiger partial charge in [-0.2, -0.15) is 0 Å². The molecule has 0 aromatic heterocycles. The summed E-state index contributed by atoms with van der Waals surface area (Å²) in [7, 11) is -3.65. The van der Waals surface area contributed by atoms with Crippen LogP contribution >= 0.6 is 27.5 Å². The number of rotatable bonds is 4. The molecule has 0 aliphatic carbocycles. The van der Waals surface area contributed by atoms with Crippen molar-refractivity contribution in [3.63, 3.8) is 0 Å². The quantitative estimate of drug-likeness (QED) is 0.565. The van der Waals surface area contributed by atoms with E-state index < -0.39 is 10.0 Å². The van der Waals surface area contributed by atoms with E-state index in [0.717, 1.165) is 0 Å². The maximum absolute atomic E-state index is 12.2. The first-order valence-corrected chi connectivity index (χ1v) is 8.12. The van der Waals surface area contributed by atoms with Crippen LogP contribution in [0.25, 0.3) is 0 Å². The molecule has 20 heavy (non-hydrogen) atoms. The largest absolute Gasteiger partial charge is 0.324 e. The van der Waals surface area contributed by atoms with E-state index in [-0.39, 0.29) is 4.90 Å². The molecule has 0 bridgehead atoms. The maximum atomic E-state index is 12.2. The number of halogens is 2. The van der Waals surface area contributed by atoms with Crippen LogP contribution in [0.15, 0.2) is 51.8 Å². The second kappa shape index (κ2) is 6.01. The predicted molar refractivity (Wildman–Crippen MR) is 84.2 cm³/mol. The number of anilines is 2. The van der Waals surface area contributed by atoms with Crippen molar-refractivity contribution in [2.45, 2.75) is 4.90 Å². The molecule has 5 nitrogen and oxygen atoms in total. The van der Waals surface area contributed by atoms with Crippen LogP contribution in [0.1, 0.15) is 0 Å². The van der Waals surface area contributed by atoms with Crippen LogP contribution in [-0.2, 0) is 10.0 Å². The van der Waals surface area contributed by atoms with Gasteiger partial charge in [-0.05, 0) is 58.4 Å². The van der Waals surface area contributed by atoms with Crippen molar-refractivity contribution in [2.24, 2.45) is 5.84 Å². The topological polar surface area (TPSA) is 84.2 Å². The van der Waals surface area contributed by atoms with Crippen LogP contribution in [0.2, 0.25) is 5.02 Å². The molecule has 0 saturated heterocycles. The summed E-state index contributed by atoms with van der Waals surface area (Å²) >= 11 is 9.10. The molecular formula is C12H11BrClN3O2S. The molecule has 0 fully saturated rings. The third-order valence-electron chi connectivity index (χ3n) is 2.50. The minimum atomic E-state index is -3.65. The minimum absolute atomic E-state index is 0.141. The van der Waals surface area contributed by atoms with E-state index in [4.69, 9.17) is 17.4 Å². The van der Waals surface area contributed by atoms with Crippen LogP contribution < -0.4 is 16.0 Å². The molecule has 0 atom stereocenters. The molecule has 106 valence electrons. The Morgan fingerprint density at radius 3 is 2.20 bits per heavy atom.